The average molecular weight is 326 g/mol. The quantitative estimate of drug-likeness (QED) is 0.806. The van der Waals surface area contributed by atoms with Gasteiger partial charge in [-0.1, -0.05) is 11.6 Å². The molecular formula is C15H16ClNO3S. The van der Waals surface area contributed by atoms with E-state index >= 15 is 0 Å². The number of rotatable bonds is 7. The predicted octanol–water partition coefficient (Wildman–Crippen LogP) is 4.04. The van der Waals surface area contributed by atoms with E-state index in [1.54, 1.807) is 0 Å². The highest BCUT2D eigenvalue weighted by molar-refractivity contribution is 7.12. The predicted molar refractivity (Wildman–Crippen MR) is 85.6 cm³/mol. The van der Waals surface area contributed by atoms with Crippen LogP contribution >= 0.6 is 22.9 Å². The lowest BCUT2D eigenvalue weighted by Crippen LogP contribution is -1.99. The molecule has 0 aliphatic heterocycles. The van der Waals surface area contributed by atoms with E-state index in [9.17, 15) is 4.79 Å². The minimum atomic E-state index is -0.811. The molecule has 0 saturated carbocycles. The zero-order valence-electron chi connectivity index (χ0n) is 11.6. The maximum atomic E-state index is 10.6. The molecule has 0 atom stereocenters. The number of hydrogen-bond acceptors (Lipinski definition) is 4. The molecule has 2 N–H and O–H groups in total. The minimum Gasteiger partial charge on any atom is -0.492 e. The second kappa shape index (κ2) is 7.33. The SMILES string of the molecule is CCOc1ccc(NCc2ccc(CC(=O)O)s2)cc1Cl. The Balaban J connectivity index is 1.95. The van der Waals surface area contributed by atoms with Gasteiger partial charge in [0.2, 0.25) is 0 Å². The molecule has 1 heterocycles. The molecule has 2 aromatic rings. The average Bonchev–Trinajstić information content (AvgIpc) is 2.86. The van der Waals surface area contributed by atoms with E-state index in [4.69, 9.17) is 21.4 Å². The van der Waals surface area contributed by atoms with Gasteiger partial charge < -0.3 is 15.2 Å². The van der Waals surface area contributed by atoms with Gasteiger partial charge in [-0.2, -0.15) is 0 Å². The first-order chi connectivity index (χ1) is 10.1. The maximum absolute atomic E-state index is 10.6. The van der Waals surface area contributed by atoms with Crippen molar-refractivity contribution in [3.63, 3.8) is 0 Å². The maximum Gasteiger partial charge on any atom is 0.308 e. The van der Waals surface area contributed by atoms with Gasteiger partial charge in [-0.25, -0.2) is 0 Å². The fourth-order valence-corrected chi connectivity index (χ4v) is 3.02. The van der Waals surface area contributed by atoms with Crippen LogP contribution in [0.5, 0.6) is 5.75 Å². The van der Waals surface area contributed by atoms with Crippen molar-refractivity contribution in [1.82, 2.24) is 0 Å². The van der Waals surface area contributed by atoms with Crippen molar-refractivity contribution in [3.8, 4) is 5.75 Å². The van der Waals surface area contributed by atoms with Crippen LogP contribution in [0.2, 0.25) is 5.02 Å². The number of aliphatic carboxylic acids is 1. The van der Waals surface area contributed by atoms with Crippen molar-refractivity contribution >= 4 is 34.6 Å². The summed E-state index contributed by atoms with van der Waals surface area (Å²) < 4.78 is 5.38. The lowest BCUT2D eigenvalue weighted by molar-refractivity contribution is -0.136. The molecule has 21 heavy (non-hydrogen) atoms. The van der Waals surface area contributed by atoms with Crippen molar-refractivity contribution in [2.75, 3.05) is 11.9 Å². The van der Waals surface area contributed by atoms with E-state index in [0.717, 1.165) is 15.4 Å². The van der Waals surface area contributed by atoms with Crippen LogP contribution in [-0.2, 0) is 17.8 Å². The number of nitrogens with one attached hydrogen (secondary N) is 1. The van der Waals surface area contributed by atoms with E-state index in [0.29, 0.717) is 23.9 Å². The monoisotopic (exact) mass is 325 g/mol. The largest absolute Gasteiger partial charge is 0.492 e. The molecule has 0 aliphatic carbocycles. The molecule has 0 spiro atoms. The van der Waals surface area contributed by atoms with Gasteiger partial charge >= 0.3 is 5.97 Å². The number of carboxylic acid groups (broad SMARTS) is 1. The topological polar surface area (TPSA) is 58.6 Å². The van der Waals surface area contributed by atoms with Crippen molar-refractivity contribution < 1.29 is 14.6 Å². The molecule has 1 aromatic heterocycles. The smallest absolute Gasteiger partial charge is 0.308 e. The number of benzene rings is 1. The number of carboxylic acids is 1. The van der Waals surface area contributed by atoms with E-state index in [2.05, 4.69) is 5.32 Å². The Hall–Kier alpha value is -1.72. The molecule has 0 amide bonds. The van der Waals surface area contributed by atoms with E-state index in [1.165, 1.54) is 11.3 Å². The minimum absolute atomic E-state index is 0.0690. The van der Waals surface area contributed by atoms with Crippen LogP contribution in [0.3, 0.4) is 0 Å². The first-order valence-corrected chi connectivity index (χ1v) is 7.73. The Morgan fingerprint density at radius 1 is 1.33 bits per heavy atom. The first-order valence-electron chi connectivity index (χ1n) is 6.54. The molecule has 0 unspecified atom stereocenters. The summed E-state index contributed by atoms with van der Waals surface area (Å²) in [5.74, 6) is -0.140. The Labute approximate surface area is 132 Å². The normalized spacial score (nSPS) is 10.4. The van der Waals surface area contributed by atoms with Gasteiger partial charge in [0.25, 0.3) is 0 Å². The van der Waals surface area contributed by atoms with Gasteiger partial charge in [-0.3, -0.25) is 4.79 Å². The molecule has 112 valence electrons. The van der Waals surface area contributed by atoms with Crippen LogP contribution in [0.1, 0.15) is 16.7 Å². The molecule has 4 nitrogen and oxygen atoms in total. The van der Waals surface area contributed by atoms with Crippen LogP contribution in [0.4, 0.5) is 5.69 Å². The molecule has 2 rings (SSSR count). The zero-order chi connectivity index (χ0) is 15.2. The Bertz CT molecular complexity index is 627. The third-order valence-corrected chi connectivity index (χ3v) is 4.12. The Kier molecular flexibility index (Phi) is 5.47. The summed E-state index contributed by atoms with van der Waals surface area (Å²) in [5, 5.41) is 12.6. The Morgan fingerprint density at radius 2 is 2.10 bits per heavy atom. The van der Waals surface area contributed by atoms with Crippen LogP contribution < -0.4 is 10.1 Å². The molecular weight excluding hydrogens is 310 g/mol. The Morgan fingerprint density at radius 3 is 2.76 bits per heavy atom. The molecule has 6 heteroatoms. The fraction of sp³-hybridized carbons (Fsp3) is 0.267. The zero-order valence-corrected chi connectivity index (χ0v) is 13.1. The first kappa shape index (κ1) is 15.7. The van der Waals surface area contributed by atoms with Crippen molar-refractivity contribution in [2.24, 2.45) is 0 Å². The highest BCUT2D eigenvalue weighted by atomic mass is 35.5. The summed E-state index contributed by atoms with van der Waals surface area (Å²) in [4.78, 5) is 12.6. The van der Waals surface area contributed by atoms with E-state index < -0.39 is 5.97 Å². The number of halogens is 1. The summed E-state index contributed by atoms with van der Waals surface area (Å²) >= 11 is 7.62. The summed E-state index contributed by atoms with van der Waals surface area (Å²) in [6.07, 6.45) is 0.0690. The van der Waals surface area contributed by atoms with E-state index in [-0.39, 0.29) is 6.42 Å². The second-order valence-corrected chi connectivity index (χ2v) is 6.03. The van der Waals surface area contributed by atoms with E-state index in [1.807, 2.05) is 37.3 Å². The second-order valence-electron chi connectivity index (χ2n) is 4.37. The standard InChI is InChI=1S/C15H16ClNO3S/c1-2-20-14-6-3-10(7-13(14)16)17-9-12-5-4-11(21-12)8-15(18)19/h3-7,17H,2,8-9H2,1H3,(H,18,19). The molecule has 0 aliphatic rings. The molecule has 0 radical (unpaired) electrons. The number of hydrogen-bond donors (Lipinski definition) is 2. The summed E-state index contributed by atoms with van der Waals surface area (Å²) in [5.41, 5.74) is 0.900. The van der Waals surface area contributed by atoms with Crippen LogP contribution in [0.15, 0.2) is 30.3 Å². The lowest BCUT2D eigenvalue weighted by Gasteiger charge is -2.09. The highest BCUT2D eigenvalue weighted by Gasteiger charge is 2.06. The number of thiophene rings is 1. The van der Waals surface area contributed by atoms with Gasteiger partial charge in [0.15, 0.2) is 0 Å². The van der Waals surface area contributed by atoms with Crippen LogP contribution in [0.25, 0.3) is 0 Å². The van der Waals surface area contributed by atoms with Gasteiger partial charge in [0.1, 0.15) is 5.75 Å². The number of carbonyl (C=O) groups is 1. The highest BCUT2D eigenvalue weighted by Crippen LogP contribution is 2.28. The third kappa shape index (κ3) is 4.65. The molecule has 1 aromatic carbocycles. The van der Waals surface area contributed by atoms with Crippen LogP contribution in [-0.4, -0.2) is 17.7 Å². The number of ether oxygens (including phenoxy) is 1. The van der Waals surface area contributed by atoms with Gasteiger partial charge in [0.05, 0.1) is 18.1 Å². The van der Waals surface area contributed by atoms with Crippen molar-refractivity contribution in [2.45, 2.75) is 19.9 Å². The summed E-state index contributed by atoms with van der Waals surface area (Å²) in [7, 11) is 0. The van der Waals surface area contributed by atoms with Crippen molar-refractivity contribution in [1.29, 1.82) is 0 Å². The van der Waals surface area contributed by atoms with Gasteiger partial charge in [-0.05, 0) is 37.3 Å². The molecule has 0 bridgehead atoms. The summed E-state index contributed by atoms with van der Waals surface area (Å²) in [6, 6.07) is 9.34. The number of anilines is 1. The van der Waals surface area contributed by atoms with Crippen LogP contribution in [0, 0.1) is 0 Å². The third-order valence-electron chi connectivity index (χ3n) is 2.74. The van der Waals surface area contributed by atoms with Gasteiger partial charge in [0, 0.05) is 22.0 Å². The van der Waals surface area contributed by atoms with Crippen molar-refractivity contribution in [3.05, 3.63) is 45.1 Å². The molecule has 0 fully saturated rings. The van der Waals surface area contributed by atoms with Gasteiger partial charge in [-0.15, -0.1) is 11.3 Å². The molecule has 0 saturated heterocycles. The fourth-order valence-electron chi connectivity index (χ4n) is 1.83. The summed E-state index contributed by atoms with van der Waals surface area (Å²) in [6.45, 7) is 3.12. The lowest BCUT2D eigenvalue weighted by atomic mass is 10.3.